The van der Waals surface area contributed by atoms with E-state index in [4.69, 9.17) is 5.11 Å². The van der Waals surface area contributed by atoms with Crippen molar-refractivity contribution in [2.45, 2.75) is 7.94 Å². The van der Waals surface area contributed by atoms with Gasteiger partial charge in [-0.3, -0.25) is 0 Å². The Balaban J connectivity index is -0.000000152. The monoisotopic (exact) mass is 226 g/mol. The topological polar surface area (TPSA) is 63.6 Å². The average molecular weight is 226 g/mol. The summed E-state index contributed by atoms with van der Waals surface area (Å²) in [4.78, 5) is 19.4. The standard InChI is InChI=1S/C5H8O2.C3H4O2.CH3.K/c1-4(2)5(6)7-3;1-2-3(4)5;;/h1H2,2-3H3;2H,1H2,(H,4,5);1H3;. The van der Waals surface area contributed by atoms with Gasteiger partial charge in [-0.2, -0.15) is 0 Å². The van der Waals surface area contributed by atoms with Crippen molar-refractivity contribution in [1.82, 2.24) is 0 Å². The van der Waals surface area contributed by atoms with E-state index in [9.17, 15) is 9.59 Å². The Bertz CT molecular complexity index is 199. The maximum absolute atomic E-state index is 10.2. The summed E-state index contributed by atoms with van der Waals surface area (Å²) in [5.41, 5.74) is 0.433. The van der Waals surface area contributed by atoms with Crippen molar-refractivity contribution in [2.75, 3.05) is 7.11 Å². The van der Waals surface area contributed by atoms with E-state index in [1.807, 2.05) is 0 Å². The molecule has 0 fully saturated rings. The molecule has 4 nitrogen and oxygen atoms in total. The van der Waals surface area contributed by atoms with Crippen molar-refractivity contribution in [3.63, 3.8) is 0 Å². The van der Waals surface area contributed by atoms with Gasteiger partial charge in [-0.1, -0.05) is 13.2 Å². The predicted molar refractivity (Wildman–Crippen MR) is 56.3 cm³/mol. The first kappa shape index (κ1) is 19.6. The Labute approximate surface area is 119 Å². The summed E-state index contributed by atoms with van der Waals surface area (Å²) in [6.07, 6.45) is 0.833. The molecule has 0 aliphatic carbocycles. The van der Waals surface area contributed by atoms with Gasteiger partial charge in [0.2, 0.25) is 0 Å². The van der Waals surface area contributed by atoms with Crippen LogP contribution < -0.4 is 0 Å². The van der Waals surface area contributed by atoms with E-state index >= 15 is 0 Å². The van der Waals surface area contributed by atoms with Crippen LogP contribution in [0.5, 0.6) is 0 Å². The van der Waals surface area contributed by atoms with Crippen molar-refractivity contribution in [3.8, 4) is 0 Å². The van der Waals surface area contributed by atoms with Crippen molar-refractivity contribution < 1.29 is 19.4 Å². The van der Waals surface area contributed by atoms with E-state index in [1.54, 1.807) is 6.92 Å². The van der Waals surface area contributed by atoms with Crippen LogP contribution in [0, 0.1) is 0 Å². The molecule has 0 aliphatic rings. The molecule has 14 heavy (non-hydrogen) atoms. The van der Waals surface area contributed by atoms with E-state index in [1.165, 1.54) is 7.11 Å². The van der Waals surface area contributed by atoms with Crippen LogP contribution in [-0.4, -0.2) is 73.1 Å². The number of rotatable bonds is 2. The van der Waals surface area contributed by atoms with Gasteiger partial charge in [0.15, 0.2) is 0 Å². The molecule has 0 spiro atoms. The first-order chi connectivity index (χ1) is 6.45. The summed E-state index contributed by atoms with van der Waals surface area (Å²) in [5, 5.41) is 7.60. The van der Waals surface area contributed by atoms with Gasteiger partial charge in [0.1, 0.15) is 0 Å². The fourth-order valence-electron chi connectivity index (χ4n) is 0.174. The zero-order chi connectivity index (χ0) is 12.1. The minimum atomic E-state index is -0.981. The van der Waals surface area contributed by atoms with Crippen LogP contribution in [0.25, 0.3) is 0 Å². The number of hydrogen-bond donors (Lipinski definition) is 1. The van der Waals surface area contributed by atoms with Crippen LogP contribution in [0.4, 0.5) is 0 Å². The molecule has 76 valence electrons. The van der Waals surface area contributed by atoms with E-state index in [0.29, 0.717) is 5.57 Å². The molecular weight excluding hydrogens is 211 g/mol. The minimum absolute atomic E-state index is 0.347. The number of hydrogen-bond acceptors (Lipinski definition) is 3. The molecule has 0 amide bonds. The Kier molecular flexibility index (Phi) is 21.7. The van der Waals surface area contributed by atoms with Gasteiger partial charge in [-0.15, -0.1) is 0 Å². The van der Waals surface area contributed by atoms with Crippen molar-refractivity contribution >= 4 is 60.9 Å². The second kappa shape index (κ2) is 15.5. The number of aliphatic carboxylic acids is 1. The summed E-state index contributed by atoms with van der Waals surface area (Å²) < 4.78 is 6.46. The molecule has 0 aromatic carbocycles. The number of ether oxygens (including phenoxy) is 1. The fraction of sp³-hybridized carbons (Fsp3) is 0.333. The van der Waals surface area contributed by atoms with Gasteiger partial charge in [0.25, 0.3) is 0 Å². The van der Waals surface area contributed by atoms with E-state index in [-0.39, 0.29) is 5.97 Å². The number of carbonyl (C=O) groups excluding carboxylic acids is 1. The fourth-order valence-corrected chi connectivity index (χ4v) is 0.174. The molecule has 0 bridgehead atoms. The third-order valence-electron chi connectivity index (χ3n) is 0.708. The van der Waals surface area contributed by atoms with Crippen molar-refractivity contribution in [3.05, 3.63) is 24.8 Å². The van der Waals surface area contributed by atoms with E-state index in [2.05, 4.69) is 18.9 Å². The summed E-state index contributed by atoms with van der Waals surface area (Å²) in [5.74, 6) is -1.33. The second-order valence-electron chi connectivity index (χ2n) is 1.81. The molecule has 0 rings (SSSR count). The first-order valence-corrected chi connectivity index (χ1v) is 7.17. The van der Waals surface area contributed by atoms with E-state index in [0.717, 1.165) is 55.0 Å². The maximum atomic E-state index is 10.2. The van der Waals surface area contributed by atoms with Gasteiger partial charge < -0.3 is 9.84 Å². The Morgan fingerprint density at radius 3 is 1.71 bits per heavy atom. The van der Waals surface area contributed by atoms with Crippen LogP contribution in [0.15, 0.2) is 24.8 Å². The van der Waals surface area contributed by atoms with Crippen LogP contribution in [0.1, 0.15) is 6.92 Å². The molecular formula is C9H15KO4. The Morgan fingerprint density at radius 1 is 1.43 bits per heavy atom. The average Bonchev–Trinajstić information content (AvgIpc) is 2.20. The van der Waals surface area contributed by atoms with Gasteiger partial charge in [-0.25, -0.2) is 9.59 Å². The summed E-state index contributed by atoms with van der Waals surface area (Å²) in [7, 11) is 1.33. The molecule has 1 N–H and O–H groups in total. The second-order valence-corrected chi connectivity index (χ2v) is 1.81. The molecule has 0 saturated heterocycles. The molecule has 0 aromatic rings. The van der Waals surface area contributed by atoms with Crippen LogP contribution in [0.2, 0.25) is 1.02 Å². The number of carboxylic acids is 1. The van der Waals surface area contributed by atoms with E-state index < -0.39 is 5.97 Å². The summed E-state index contributed by atoms with van der Waals surface area (Å²) >= 11 is 1.06. The number of carboxylic acid groups (broad SMARTS) is 1. The number of carbonyl (C=O) groups is 2. The number of esters is 1. The molecule has 0 unspecified atom stereocenters. The zero-order valence-electron chi connectivity index (χ0n) is 9.16. The van der Waals surface area contributed by atoms with Gasteiger partial charge >= 0.3 is 61.9 Å². The molecule has 5 heteroatoms. The van der Waals surface area contributed by atoms with Gasteiger partial charge in [-0.05, 0) is 6.92 Å². The quantitative estimate of drug-likeness (QED) is 0.436. The molecule has 0 atom stereocenters. The summed E-state index contributed by atoms with van der Waals surface area (Å²) in [6, 6.07) is 0. The van der Waals surface area contributed by atoms with Crippen LogP contribution in [-0.2, 0) is 14.3 Å². The zero-order valence-corrected chi connectivity index (χ0v) is 12.3. The van der Waals surface area contributed by atoms with Gasteiger partial charge in [0, 0.05) is 11.6 Å². The Morgan fingerprint density at radius 2 is 1.71 bits per heavy atom. The first-order valence-electron chi connectivity index (χ1n) is 4.04. The third kappa shape index (κ3) is 22.7. The third-order valence-corrected chi connectivity index (χ3v) is 0.708. The molecule has 0 aromatic heterocycles. The molecule has 0 aliphatic heterocycles. The number of methoxy groups -OCH3 is 1. The summed E-state index contributed by atoms with van der Waals surface area (Å²) in [6.45, 7) is 7.92. The van der Waals surface area contributed by atoms with Crippen LogP contribution >= 0.6 is 0 Å². The van der Waals surface area contributed by atoms with Crippen molar-refractivity contribution in [1.29, 1.82) is 0 Å². The molecule has 0 radical (unpaired) electrons. The van der Waals surface area contributed by atoms with Crippen LogP contribution in [0.3, 0.4) is 0 Å². The van der Waals surface area contributed by atoms with Gasteiger partial charge in [0.05, 0.1) is 7.11 Å². The SMILES string of the molecule is C=C(C)C(=O)OC.C=CC(=O)O.[CH3][K]. The normalized spacial score (nSPS) is 6.64. The predicted octanol–water partition coefficient (Wildman–Crippen LogP) is 1.20. The molecule has 0 heterocycles. The molecule has 0 saturated carbocycles. The Hall–Kier alpha value is 0.0564. The van der Waals surface area contributed by atoms with Crippen molar-refractivity contribution in [2.24, 2.45) is 0 Å².